The number of carbonyl (C=O) groups excluding carboxylic acids is 1. The average molecular weight is 444 g/mol. The first-order valence-electron chi connectivity index (χ1n) is 9.99. The Bertz CT molecular complexity index is 928. The van der Waals surface area contributed by atoms with Crippen molar-refractivity contribution in [2.24, 2.45) is 0 Å². The van der Waals surface area contributed by atoms with E-state index in [9.17, 15) is 4.79 Å². The molecule has 0 aliphatic rings. The molecule has 0 aliphatic heterocycles. The Kier molecular flexibility index (Phi) is 8.25. The van der Waals surface area contributed by atoms with E-state index in [-0.39, 0.29) is 11.9 Å². The first-order chi connectivity index (χ1) is 14.6. The van der Waals surface area contributed by atoms with Crippen molar-refractivity contribution >= 4 is 28.8 Å². The van der Waals surface area contributed by atoms with Crippen LogP contribution in [-0.4, -0.2) is 35.4 Å². The first-order valence-corrected chi connectivity index (χ1v) is 11.3. The molecule has 1 amide bonds. The van der Waals surface area contributed by atoms with Crippen LogP contribution in [0.2, 0.25) is 5.02 Å². The maximum absolute atomic E-state index is 12.7. The number of halogens is 1. The smallest absolute Gasteiger partial charge is 0.251 e. The fourth-order valence-corrected chi connectivity index (χ4v) is 4.11. The molecule has 2 aromatic carbocycles. The topological polar surface area (TPSA) is 54.5 Å². The molecule has 0 saturated carbocycles. The lowest BCUT2D eigenvalue weighted by molar-refractivity contribution is 0.0935. The Balaban J connectivity index is 1.62. The molecule has 0 radical (unpaired) electrons. The zero-order valence-corrected chi connectivity index (χ0v) is 18.7. The number of hydrogen-bond donors (Lipinski definition) is 1. The Morgan fingerprint density at radius 1 is 1.17 bits per heavy atom. The van der Waals surface area contributed by atoms with Crippen LogP contribution in [0, 0.1) is 0 Å². The van der Waals surface area contributed by atoms with E-state index in [0.717, 1.165) is 24.3 Å². The van der Waals surface area contributed by atoms with E-state index in [2.05, 4.69) is 29.0 Å². The van der Waals surface area contributed by atoms with Gasteiger partial charge in [-0.15, -0.1) is 11.3 Å². The monoisotopic (exact) mass is 443 g/mol. The molecule has 0 aliphatic carbocycles. The summed E-state index contributed by atoms with van der Waals surface area (Å²) >= 11 is 7.97. The highest BCUT2D eigenvalue weighted by atomic mass is 35.5. The number of aromatic nitrogens is 1. The van der Waals surface area contributed by atoms with Gasteiger partial charge < -0.3 is 10.1 Å². The highest BCUT2D eigenvalue weighted by Gasteiger charge is 2.21. The fourth-order valence-electron chi connectivity index (χ4n) is 3.31. The van der Waals surface area contributed by atoms with Crippen molar-refractivity contribution in [2.45, 2.75) is 26.5 Å². The highest BCUT2D eigenvalue weighted by Crippen LogP contribution is 2.27. The van der Waals surface area contributed by atoms with Crippen molar-refractivity contribution in [1.82, 2.24) is 15.2 Å². The van der Waals surface area contributed by atoms with Gasteiger partial charge in [0.2, 0.25) is 0 Å². The molecule has 1 aromatic heterocycles. The molecule has 0 spiro atoms. The zero-order valence-electron chi connectivity index (χ0n) is 17.2. The van der Waals surface area contributed by atoms with Crippen molar-refractivity contribution in [3.63, 3.8) is 0 Å². The van der Waals surface area contributed by atoms with Crippen molar-refractivity contribution < 1.29 is 9.53 Å². The van der Waals surface area contributed by atoms with Gasteiger partial charge in [0.05, 0.1) is 17.2 Å². The lowest BCUT2D eigenvalue weighted by Crippen LogP contribution is -2.38. The van der Waals surface area contributed by atoms with Gasteiger partial charge in [0.25, 0.3) is 5.91 Å². The predicted octanol–water partition coefficient (Wildman–Crippen LogP) is 5.19. The Morgan fingerprint density at radius 3 is 2.53 bits per heavy atom. The fraction of sp³-hybridized carbons (Fsp3) is 0.304. The molecule has 7 heteroatoms. The number of hydrogen-bond acceptors (Lipinski definition) is 5. The van der Waals surface area contributed by atoms with Crippen LogP contribution in [-0.2, 0) is 6.61 Å². The maximum atomic E-state index is 12.7. The molecule has 1 N–H and O–H groups in total. The van der Waals surface area contributed by atoms with Crippen LogP contribution in [0.3, 0.4) is 0 Å². The van der Waals surface area contributed by atoms with Crippen molar-refractivity contribution in [1.29, 1.82) is 0 Å². The summed E-state index contributed by atoms with van der Waals surface area (Å²) in [6.45, 7) is 6.85. The highest BCUT2D eigenvalue weighted by molar-refractivity contribution is 7.07. The summed E-state index contributed by atoms with van der Waals surface area (Å²) in [5.74, 6) is 0.585. The number of likely N-dealkylation sites (N-methyl/N-ethyl adjacent to an activating group) is 1. The third-order valence-electron chi connectivity index (χ3n) is 4.96. The van der Waals surface area contributed by atoms with E-state index in [0.29, 0.717) is 29.5 Å². The number of amides is 1. The third kappa shape index (κ3) is 5.81. The normalized spacial score (nSPS) is 12.0. The molecular formula is C23H26ClN3O2S. The maximum Gasteiger partial charge on any atom is 0.251 e. The number of rotatable bonds is 10. The second-order valence-corrected chi connectivity index (χ2v) is 7.89. The number of nitrogens with zero attached hydrogens (tertiary/aromatic N) is 2. The average Bonchev–Trinajstić information content (AvgIpc) is 3.30. The van der Waals surface area contributed by atoms with Crippen LogP contribution in [0.15, 0.2) is 59.4 Å². The number of nitrogens with one attached hydrogen (secondary N) is 1. The van der Waals surface area contributed by atoms with Gasteiger partial charge in [-0.25, -0.2) is 4.98 Å². The third-order valence-corrected chi connectivity index (χ3v) is 5.94. The molecule has 30 heavy (non-hydrogen) atoms. The summed E-state index contributed by atoms with van der Waals surface area (Å²) in [5.41, 5.74) is 4.28. The largest absolute Gasteiger partial charge is 0.487 e. The van der Waals surface area contributed by atoms with Crippen LogP contribution >= 0.6 is 22.9 Å². The number of benzene rings is 2. The zero-order chi connectivity index (χ0) is 21.3. The summed E-state index contributed by atoms with van der Waals surface area (Å²) in [7, 11) is 0. The van der Waals surface area contributed by atoms with E-state index in [1.165, 1.54) is 11.3 Å². The molecule has 3 rings (SSSR count). The van der Waals surface area contributed by atoms with Crippen LogP contribution in [0.5, 0.6) is 5.75 Å². The number of ether oxygens (including phenoxy) is 1. The lowest BCUT2D eigenvalue weighted by atomic mass is 10.0. The molecular weight excluding hydrogens is 418 g/mol. The van der Waals surface area contributed by atoms with E-state index >= 15 is 0 Å². The van der Waals surface area contributed by atoms with E-state index < -0.39 is 0 Å². The van der Waals surface area contributed by atoms with Crippen molar-refractivity contribution in [3.05, 3.63) is 81.3 Å². The van der Waals surface area contributed by atoms with Crippen molar-refractivity contribution in [2.75, 3.05) is 19.6 Å². The van der Waals surface area contributed by atoms with Crippen LogP contribution < -0.4 is 10.1 Å². The van der Waals surface area contributed by atoms with Gasteiger partial charge in [-0.05, 0) is 49.0 Å². The quantitative estimate of drug-likeness (QED) is 0.468. The molecule has 158 valence electrons. The summed E-state index contributed by atoms with van der Waals surface area (Å²) < 4.78 is 5.71. The summed E-state index contributed by atoms with van der Waals surface area (Å²) in [4.78, 5) is 19.2. The first kappa shape index (κ1) is 22.3. The van der Waals surface area contributed by atoms with Gasteiger partial charge >= 0.3 is 0 Å². The van der Waals surface area contributed by atoms with Gasteiger partial charge in [-0.3, -0.25) is 9.69 Å². The molecule has 1 atom stereocenters. The lowest BCUT2D eigenvalue weighted by Gasteiger charge is -2.31. The SMILES string of the molecule is CCN(CC)C(CNC(=O)c1ccc(OCc2cscn2)cc1)c1ccccc1Cl. The summed E-state index contributed by atoms with van der Waals surface area (Å²) in [6, 6.07) is 15.0. The minimum Gasteiger partial charge on any atom is -0.487 e. The van der Waals surface area contributed by atoms with Crippen LogP contribution in [0.1, 0.15) is 41.5 Å². The van der Waals surface area contributed by atoms with E-state index in [1.807, 2.05) is 29.6 Å². The molecule has 0 saturated heterocycles. The summed E-state index contributed by atoms with van der Waals surface area (Å²) in [5, 5.41) is 5.72. The van der Waals surface area contributed by atoms with Gasteiger partial charge in [-0.2, -0.15) is 0 Å². The Morgan fingerprint density at radius 2 is 1.90 bits per heavy atom. The van der Waals surface area contributed by atoms with Gasteiger partial charge in [0, 0.05) is 22.5 Å². The molecule has 1 unspecified atom stereocenters. The Labute approximate surface area is 186 Å². The molecule has 0 fully saturated rings. The van der Waals surface area contributed by atoms with E-state index in [4.69, 9.17) is 16.3 Å². The Hall–Kier alpha value is -2.41. The molecule has 1 heterocycles. The molecule has 0 bridgehead atoms. The van der Waals surface area contributed by atoms with Crippen LogP contribution in [0.25, 0.3) is 0 Å². The standard InChI is InChI=1S/C23H26ClN3O2S/c1-3-27(4-2)22(20-7-5-6-8-21(20)24)13-25-23(28)17-9-11-19(12-10-17)29-14-18-15-30-16-26-18/h5-12,15-16,22H,3-4,13-14H2,1-2H3,(H,25,28). The predicted molar refractivity (Wildman–Crippen MR) is 122 cm³/mol. The summed E-state index contributed by atoms with van der Waals surface area (Å²) in [6.07, 6.45) is 0. The van der Waals surface area contributed by atoms with Crippen LogP contribution in [0.4, 0.5) is 0 Å². The van der Waals surface area contributed by atoms with Gasteiger partial charge in [-0.1, -0.05) is 43.6 Å². The number of carbonyl (C=O) groups is 1. The van der Waals surface area contributed by atoms with Gasteiger partial charge in [0.15, 0.2) is 0 Å². The minimum atomic E-state index is -0.120. The second kappa shape index (κ2) is 11.1. The molecule has 5 nitrogen and oxygen atoms in total. The second-order valence-electron chi connectivity index (χ2n) is 6.76. The van der Waals surface area contributed by atoms with E-state index in [1.54, 1.807) is 29.8 Å². The van der Waals surface area contributed by atoms with Crippen molar-refractivity contribution in [3.8, 4) is 5.75 Å². The minimum absolute atomic E-state index is 0.0124. The molecule has 3 aromatic rings. The number of thiazole rings is 1. The van der Waals surface area contributed by atoms with Gasteiger partial charge in [0.1, 0.15) is 12.4 Å².